The molecule has 1 atom stereocenters. The molecular formula is C15H20N4O2S. The molecule has 7 heteroatoms. The summed E-state index contributed by atoms with van der Waals surface area (Å²) in [5.41, 5.74) is 1.38. The van der Waals surface area contributed by atoms with E-state index in [1.54, 1.807) is 6.92 Å². The van der Waals surface area contributed by atoms with Crippen molar-refractivity contribution in [2.45, 2.75) is 43.6 Å². The normalized spacial score (nSPS) is 12.9. The fraction of sp³-hybridized carbons (Fsp3) is 0.400. The van der Waals surface area contributed by atoms with E-state index in [0.29, 0.717) is 5.16 Å². The molecule has 0 fully saturated rings. The first-order valence-electron chi connectivity index (χ1n) is 6.99. The van der Waals surface area contributed by atoms with Gasteiger partial charge in [0.25, 0.3) is 0 Å². The topological polar surface area (TPSA) is 86.9 Å². The van der Waals surface area contributed by atoms with Crippen LogP contribution >= 0.6 is 11.8 Å². The lowest BCUT2D eigenvalue weighted by Gasteiger charge is -2.21. The van der Waals surface area contributed by atoms with E-state index < -0.39 is 11.3 Å². The molecule has 1 heterocycles. The number of nitrogens with one attached hydrogen (secondary N) is 3. The number of H-pyrrole nitrogens is 1. The molecule has 1 aromatic heterocycles. The van der Waals surface area contributed by atoms with E-state index in [9.17, 15) is 9.59 Å². The molecule has 0 bridgehead atoms. The molecule has 0 radical (unpaired) electrons. The molecule has 22 heavy (non-hydrogen) atoms. The highest BCUT2D eigenvalue weighted by Gasteiger charge is 2.21. The Bertz CT molecular complexity index is 657. The Morgan fingerprint density at radius 3 is 2.59 bits per heavy atom. The van der Waals surface area contributed by atoms with Crippen LogP contribution in [-0.4, -0.2) is 32.7 Å². The summed E-state index contributed by atoms with van der Waals surface area (Å²) in [4.78, 5) is 31.3. The minimum absolute atomic E-state index is 0.354. The zero-order chi connectivity index (χ0) is 16.3. The highest BCUT2D eigenvalue weighted by atomic mass is 32.2. The quantitative estimate of drug-likeness (QED) is 0.759. The van der Waals surface area contributed by atoms with Crippen molar-refractivity contribution in [2.24, 2.45) is 0 Å². The average molecular weight is 320 g/mol. The zero-order valence-corrected chi connectivity index (χ0v) is 13.9. The maximum Gasteiger partial charge on any atom is 0.321 e. The molecular weight excluding hydrogens is 300 g/mol. The summed E-state index contributed by atoms with van der Waals surface area (Å²) < 4.78 is 0. The first-order chi connectivity index (χ1) is 10.2. The minimum atomic E-state index is -0.491. The predicted molar refractivity (Wildman–Crippen MR) is 87.8 cm³/mol. The fourth-order valence-electron chi connectivity index (χ4n) is 1.79. The summed E-state index contributed by atoms with van der Waals surface area (Å²) in [6.45, 7) is 7.29. The van der Waals surface area contributed by atoms with Crippen LogP contribution in [0.3, 0.4) is 0 Å². The molecule has 0 aliphatic carbocycles. The number of imide groups is 1. The number of rotatable bonds is 3. The van der Waals surface area contributed by atoms with Crippen LogP contribution in [0, 0.1) is 0 Å². The van der Waals surface area contributed by atoms with Gasteiger partial charge in [-0.3, -0.25) is 10.1 Å². The van der Waals surface area contributed by atoms with E-state index in [0.717, 1.165) is 11.0 Å². The first kappa shape index (κ1) is 16.4. The van der Waals surface area contributed by atoms with Crippen LogP contribution in [0.5, 0.6) is 0 Å². The van der Waals surface area contributed by atoms with Crippen molar-refractivity contribution in [3.8, 4) is 0 Å². The van der Waals surface area contributed by atoms with Gasteiger partial charge in [0, 0.05) is 5.54 Å². The summed E-state index contributed by atoms with van der Waals surface area (Å²) in [6.07, 6.45) is 0. The molecule has 2 rings (SSSR count). The van der Waals surface area contributed by atoms with Crippen molar-refractivity contribution in [1.29, 1.82) is 0 Å². The number of nitrogens with zero attached hydrogens (tertiary/aromatic N) is 1. The monoisotopic (exact) mass is 320 g/mol. The lowest BCUT2D eigenvalue weighted by atomic mass is 10.1. The largest absolute Gasteiger partial charge is 0.333 e. The fourth-order valence-corrected chi connectivity index (χ4v) is 2.61. The standard InChI is InChI=1S/C15H20N4O2S/c1-9(12(20)18-13(21)19-15(2,3)4)22-14-16-10-7-5-6-8-11(10)17-14/h5-9H,1-4H3,(H,16,17)(H2,18,19,20,21)/t9-/m0/s1. The number of fused-ring (bicyclic) bond motifs is 1. The van der Waals surface area contributed by atoms with Gasteiger partial charge in [0.1, 0.15) is 0 Å². The Labute approximate surface area is 133 Å². The number of imidazole rings is 1. The first-order valence-corrected chi connectivity index (χ1v) is 7.87. The number of aromatic amines is 1. The minimum Gasteiger partial charge on any atom is -0.333 e. The summed E-state index contributed by atoms with van der Waals surface area (Å²) >= 11 is 1.28. The van der Waals surface area contributed by atoms with Gasteiger partial charge < -0.3 is 10.3 Å². The Morgan fingerprint density at radius 2 is 1.95 bits per heavy atom. The zero-order valence-electron chi connectivity index (χ0n) is 13.1. The Hall–Kier alpha value is -2.02. The van der Waals surface area contributed by atoms with Crippen LogP contribution in [0.15, 0.2) is 29.4 Å². The maximum atomic E-state index is 12.0. The number of thioether (sulfide) groups is 1. The lowest BCUT2D eigenvalue weighted by Crippen LogP contribution is -2.49. The average Bonchev–Trinajstić information content (AvgIpc) is 2.78. The summed E-state index contributed by atoms with van der Waals surface area (Å²) in [7, 11) is 0. The van der Waals surface area contributed by atoms with Crippen molar-refractivity contribution in [2.75, 3.05) is 0 Å². The molecule has 0 aliphatic rings. The van der Waals surface area contributed by atoms with Crippen LogP contribution < -0.4 is 10.6 Å². The van der Waals surface area contributed by atoms with Crippen molar-refractivity contribution in [3.05, 3.63) is 24.3 Å². The number of aromatic nitrogens is 2. The Balaban J connectivity index is 1.95. The molecule has 3 amide bonds. The van der Waals surface area contributed by atoms with E-state index in [4.69, 9.17) is 0 Å². The van der Waals surface area contributed by atoms with Crippen molar-refractivity contribution >= 4 is 34.7 Å². The number of para-hydroxylation sites is 2. The summed E-state index contributed by atoms with van der Waals surface area (Å²) in [5, 5.41) is 5.24. The van der Waals surface area contributed by atoms with Gasteiger partial charge in [0.05, 0.1) is 16.3 Å². The number of carbonyl (C=O) groups is 2. The van der Waals surface area contributed by atoms with Gasteiger partial charge in [-0.1, -0.05) is 23.9 Å². The lowest BCUT2D eigenvalue weighted by molar-refractivity contribution is -0.119. The second-order valence-corrected chi connectivity index (χ2v) is 7.34. The third-order valence-corrected chi connectivity index (χ3v) is 3.73. The molecule has 0 saturated heterocycles. The van der Waals surface area contributed by atoms with Gasteiger partial charge >= 0.3 is 6.03 Å². The summed E-state index contributed by atoms with van der Waals surface area (Å²) in [5.74, 6) is -0.354. The Morgan fingerprint density at radius 1 is 1.27 bits per heavy atom. The molecule has 0 saturated carbocycles. The van der Waals surface area contributed by atoms with Crippen LogP contribution in [0.4, 0.5) is 4.79 Å². The molecule has 6 nitrogen and oxygen atoms in total. The molecule has 118 valence electrons. The molecule has 0 spiro atoms. The van der Waals surface area contributed by atoms with Crippen LogP contribution in [-0.2, 0) is 4.79 Å². The number of hydrogen-bond donors (Lipinski definition) is 3. The molecule has 0 aliphatic heterocycles. The van der Waals surface area contributed by atoms with Crippen molar-refractivity contribution in [3.63, 3.8) is 0 Å². The molecule has 2 aromatic rings. The van der Waals surface area contributed by atoms with E-state index in [1.165, 1.54) is 11.8 Å². The Kier molecular flexibility index (Phi) is 4.75. The number of carbonyl (C=O) groups excluding carboxylic acids is 2. The number of amides is 3. The third kappa shape index (κ3) is 4.49. The van der Waals surface area contributed by atoms with Crippen molar-refractivity contribution in [1.82, 2.24) is 20.6 Å². The van der Waals surface area contributed by atoms with E-state index in [2.05, 4.69) is 20.6 Å². The van der Waals surface area contributed by atoms with Gasteiger partial charge in [-0.05, 0) is 39.8 Å². The van der Waals surface area contributed by atoms with Gasteiger partial charge in [-0.15, -0.1) is 0 Å². The smallest absolute Gasteiger partial charge is 0.321 e. The molecule has 0 unspecified atom stereocenters. The van der Waals surface area contributed by atoms with Gasteiger partial charge in [0.15, 0.2) is 5.16 Å². The van der Waals surface area contributed by atoms with Crippen LogP contribution in [0.2, 0.25) is 0 Å². The van der Waals surface area contributed by atoms with Crippen LogP contribution in [0.1, 0.15) is 27.7 Å². The molecule has 1 aromatic carbocycles. The third-order valence-electron chi connectivity index (χ3n) is 2.75. The van der Waals surface area contributed by atoms with Crippen molar-refractivity contribution < 1.29 is 9.59 Å². The summed E-state index contributed by atoms with van der Waals surface area (Å²) in [6, 6.07) is 7.16. The van der Waals surface area contributed by atoms with E-state index in [1.807, 2.05) is 45.0 Å². The van der Waals surface area contributed by atoms with Gasteiger partial charge in [-0.2, -0.15) is 0 Å². The second kappa shape index (κ2) is 6.39. The predicted octanol–water partition coefficient (Wildman–Crippen LogP) is 2.67. The highest BCUT2D eigenvalue weighted by molar-refractivity contribution is 8.00. The van der Waals surface area contributed by atoms with Crippen LogP contribution in [0.25, 0.3) is 11.0 Å². The van der Waals surface area contributed by atoms with Gasteiger partial charge in [-0.25, -0.2) is 9.78 Å². The van der Waals surface area contributed by atoms with E-state index in [-0.39, 0.29) is 11.4 Å². The number of benzene rings is 1. The van der Waals surface area contributed by atoms with E-state index >= 15 is 0 Å². The number of urea groups is 1. The molecule has 3 N–H and O–H groups in total. The number of hydrogen-bond acceptors (Lipinski definition) is 4. The SMILES string of the molecule is C[C@H](Sc1nc2ccccc2[nH]1)C(=O)NC(=O)NC(C)(C)C. The highest BCUT2D eigenvalue weighted by Crippen LogP contribution is 2.23. The van der Waals surface area contributed by atoms with Gasteiger partial charge in [0.2, 0.25) is 5.91 Å². The maximum absolute atomic E-state index is 12.0. The second-order valence-electron chi connectivity index (χ2n) is 6.01.